The zero-order chi connectivity index (χ0) is 17.0. The highest BCUT2D eigenvalue weighted by Crippen LogP contribution is 2.16. The van der Waals surface area contributed by atoms with Gasteiger partial charge >= 0.3 is 0 Å². The minimum Gasteiger partial charge on any atom is -0.346 e. The van der Waals surface area contributed by atoms with E-state index in [1.54, 1.807) is 10.8 Å². The quantitative estimate of drug-likeness (QED) is 0.855. The van der Waals surface area contributed by atoms with E-state index < -0.39 is 0 Å². The van der Waals surface area contributed by atoms with E-state index in [0.717, 1.165) is 16.8 Å². The van der Waals surface area contributed by atoms with Crippen molar-refractivity contribution in [3.63, 3.8) is 0 Å². The second-order valence-corrected chi connectivity index (χ2v) is 6.23. The summed E-state index contributed by atoms with van der Waals surface area (Å²) in [5, 5.41) is 7.27. The SMILES string of the molecule is Cc1nn(C)cc1C(C)NC(=O)/C=C/c1ccc(C(C)C)cc1. The van der Waals surface area contributed by atoms with Gasteiger partial charge in [0.2, 0.25) is 5.91 Å². The molecule has 0 saturated carbocycles. The van der Waals surface area contributed by atoms with Crippen molar-refractivity contribution in [3.8, 4) is 0 Å². The van der Waals surface area contributed by atoms with Crippen molar-refractivity contribution < 1.29 is 4.79 Å². The van der Waals surface area contributed by atoms with Crippen molar-refractivity contribution in [2.75, 3.05) is 0 Å². The van der Waals surface area contributed by atoms with Crippen molar-refractivity contribution in [2.45, 2.75) is 39.7 Å². The fraction of sp³-hybridized carbons (Fsp3) is 0.368. The molecule has 0 aliphatic carbocycles. The van der Waals surface area contributed by atoms with Crippen LogP contribution in [0, 0.1) is 6.92 Å². The zero-order valence-corrected chi connectivity index (χ0v) is 14.5. The topological polar surface area (TPSA) is 46.9 Å². The third-order valence-corrected chi connectivity index (χ3v) is 3.91. The molecule has 1 heterocycles. The molecular formula is C19H25N3O. The van der Waals surface area contributed by atoms with E-state index in [-0.39, 0.29) is 11.9 Å². The molecule has 0 spiro atoms. The molecule has 0 bridgehead atoms. The summed E-state index contributed by atoms with van der Waals surface area (Å²) < 4.78 is 1.76. The van der Waals surface area contributed by atoms with Crippen molar-refractivity contribution >= 4 is 12.0 Å². The van der Waals surface area contributed by atoms with E-state index in [2.05, 4.69) is 36.4 Å². The maximum Gasteiger partial charge on any atom is 0.244 e. The number of aromatic nitrogens is 2. The Balaban J connectivity index is 1.97. The van der Waals surface area contributed by atoms with E-state index >= 15 is 0 Å². The summed E-state index contributed by atoms with van der Waals surface area (Å²) in [7, 11) is 1.88. The van der Waals surface area contributed by atoms with Gasteiger partial charge in [-0.25, -0.2) is 0 Å². The number of aryl methyl sites for hydroxylation is 2. The predicted octanol–water partition coefficient (Wildman–Crippen LogP) is 3.74. The molecule has 122 valence electrons. The number of nitrogens with one attached hydrogen (secondary N) is 1. The minimum atomic E-state index is -0.103. The molecular weight excluding hydrogens is 286 g/mol. The van der Waals surface area contributed by atoms with Crippen LogP contribution in [0.5, 0.6) is 0 Å². The van der Waals surface area contributed by atoms with Crippen molar-refractivity contribution in [1.82, 2.24) is 15.1 Å². The molecule has 4 nitrogen and oxygen atoms in total. The average Bonchev–Trinajstić information content (AvgIpc) is 2.84. The van der Waals surface area contributed by atoms with Crippen LogP contribution in [0.15, 0.2) is 36.5 Å². The van der Waals surface area contributed by atoms with Gasteiger partial charge in [-0.2, -0.15) is 5.10 Å². The zero-order valence-electron chi connectivity index (χ0n) is 14.5. The lowest BCUT2D eigenvalue weighted by molar-refractivity contribution is -0.117. The standard InChI is InChI=1S/C19H25N3O/c1-13(2)17-9-6-16(7-10-17)8-11-19(23)20-14(3)18-12-22(5)21-15(18)4/h6-14H,1-5H3,(H,20,23)/b11-8+. The van der Waals surface area contributed by atoms with Gasteiger partial charge < -0.3 is 5.32 Å². The van der Waals surface area contributed by atoms with Crippen molar-refractivity contribution in [2.24, 2.45) is 7.05 Å². The molecule has 0 fully saturated rings. The molecule has 1 unspecified atom stereocenters. The van der Waals surface area contributed by atoms with E-state index in [9.17, 15) is 4.79 Å². The summed E-state index contributed by atoms with van der Waals surface area (Å²) in [4.78, 5) is 12.1. The first-order chi connectivity index (χ1) is 10.9. The van der Waals surface area contributed by atoms with Crippen molar-refractivity contribution in [1.29, 1.82) is 0 Å². The summed E-state index contributed by atoms with van der Waals surface area (Å²) in [6.07, 6.45) is 5.35. The van der Waals surface area contributed by atoms with Crippen LogP contribution >= 0.6 is 0 Å². The molecule has 1 aromatic carbocycles. The van der Waals surface area contributed by atoms with Gasteiger partial charge in [0.1, 0.15) is 0 Å². The van der Waals surface area contributed by atoms with Gasteiger partial charge in [-0.05, 0) is 37.0 Å². The normalized spacial score (nSPS) is 12.8. The lowest BCUT2D eigenvalue weighted by Gasteiger charge is -2.11. The van der Waals surface area contributed by atoms with Crippen LogP contribution < -0.4 is 5.32 Å². The second kappa shape index (κ2) is 7.27. The van der Waals surface area contributed by atoms with Crippen molar-refractivity contribution in [3.05, 3.63) is 58.9 Å². The highest BCUT2D eigenvalue weighted by Gasteiger charge is 2.12. The highest BCUT2D eigenvalue weighted by molar-refractivity contribution is 5.91. The smallest absolute Gasteiger partial charge is 0.244 e. The molecule has 0 aliphatic heterocycles. The van der Waals surface area contributed by atoms with Crippen LogP contribution in [0.3, 0.4) is 0 Å². The van der Waals surface area contributed by atoms with E-state index in [1.807, 2.05) is 45.3 Å². The number of hydrogen-bond donors (Lipinski definition) is 1. The van der Waals surface area contributed by atoms with Crippen LogP contribution in [0.4, 0.5) is 0 Å². The number of carbonyl (C=O) groups is 1. The van der Waals surface area contributed by atoms with Crippen LogP contribution in [-0.4, -0.2) is 15.7 Å². The van der Waals surface area contributed by atoms with Crippen LogP contribution in [0.1, 0.15) is 55.1 Å². The van der Waals surface area contributed by atoms with E-state index in [0.29, 0.717) is 5.92 Å². The van der Waals surface area contributed by atoms with Gasteiger partial charge in [0.25, 0.3) is 0 Å². The van der Waals surface area contributed by atoms with E-state index in [4.69, 9.17) is 0 Å². The summed E-state index contributed by atoms with van der Waals surface area (Å²) in [6, 6.07) is 8.21. The summed E-state index contributed by atoms with van der Waals surface area (Å²) >= 11 is 0. The number of carbonyl (C=O) groups excluding carboxylic acids is 1. The predicted molar refractivity (Wildman–Crippen MR) is 94.1 cm³/mol. The number of hydrogen-bond acceptors (Lipinski definition) is 2. The Hall–Kier alpha value is -2.36. The maximum absolute atomic E-state index is 12.1. The van der Waals surface area contributed by atoms with Gasteiger partial charge in [-0.1, -0.05) is 38.1 Å². The van der Waals surface area contributed by atoms with Gasteiger partial charge in [0, 0.05) is 24.9 Å². The Labute approximate surface area is 138 Å². The molecule has 23 heavy (non-hydrogen) atoms. The molecule has 0 saturated heterocycles. The van der Waals surface area contributed by atoms with Gasteiger partial charge in [-0.15, -0.1) is 0 Å². The lowest BCUT2D eigenvalue weighted by atomic mass is 10.0. The Morgan fingerprint density at radius 2 is 1.87 bits per heavy atom. The molecule has 4 heteroatoms. The minimum absolute atomic E-state index is 0.0656. The maximum atomic E-state index is 12.1. The summed E-state index contributed by atoms with van der Waals surface area (Å²) in [6.45, 7) is 8.25. The Kier molecular flexibility index (Phi) is 5.37. The number of nitrogens with zero attached hydrogens (tertiary/aromatic N) is 2. The first kappa shape index (κ1) is 17.0. The molecule has 2 aromatic rings. The lowest BCUT2D eigenvalue weighted by Crippen LogP contribution is -2.24. The second-order valence-electron chi connectivity index (χ2n) is 6.23. The largest absolute Gasteiger partial charge is 0.346 e. The number of amides is 1. The van der Waals surface area contributed by atoms with Gasteiger partial charge in [0.05, 0.1) is 11.7 Å². The number of rotatable bonds is 5. The average molecular weight is 311 g/mol. The molecule has 1 N–H and O–H groups in total. The van der Waals surface area contributed by atoms with Crippen LogP contribution in [0.25, 0.3) is 6.08 Å². The van der Waals surface area contributed by atoms with Gasteiger partial charge in [-0.3, -0.25) is 9.48 Å². The molecule has 0 radical (unpaired) electrons. The summed E-state index contributed by atoms with van der Waals surface area (Å²) in [5.74, 6) is 0.411. The summed E-state index contributed by atoms with van der Waals surface area (Å²) in [5.41, 5.74) is 4.30. The fourth-order valence-electron chi connectivity index (χ4n) is 2.55. The molecule has 1 aromatic heterocycles. The Morgan fingerprint density at radius 3 is 2.39 bits per heavy atom. The fourth-order valence-corrected chi connectivity index (χ4v) is 2.55. The highest BCUT2D eigenvalue weighted by atomic mass is 16.1. The first-order valence-electron chi connectivity index (χ1n) is 7.95. The number of benzene rings is 1. The molecule has 1 atom stereocenters. The Morgan fingerprint density at radius 1 is 1.22 bits per heavy atom. The molecule has 1 amide bonds. The third-order valence-electron chi connectivity index (χ3n) is 3.91. The molecule has 2 rings (SSSR count). The first-order valence-corrected chi connectivity index (χ1v) is 7.95. The van der Waals surface area contributed by atoms with Gasteiger partial charge in [0.15, 0.2) is 0 Å². The molecule has 0 aliphatic rings. The van der Waals surface area contributed by atoms with E-state index in [1.165, 1.54) is 5.56 Å². The van der Waals surface area contributed by atoms with Crippen LogP contribution in [-0.2, 0) is 11.8 Å². The Bertz CT molecular complexity index is 696. The third kappa shape index (κ3) is 4.55. The monoisotopic (exact) mass is 311 g/mol. The van der Waals surface area contributed by atoms with Crippen LogP contribution in [0.2, 0.25) is 0 Å².